The Bertz CT molecular complexity index is 682. The Morgan fingerprint density at radius 2 is 2.00 bits per heavy atom. The van der Waals surface area contributed by atoms with Crippen molar-refractivity contribution in [3.63, 3.8) is 0 Å². The van der Waals surface area contributed by atoms with Gasteiger partial charge in [-0.05, 0) is 54.9 Å². The Morgan fingerprint density at radius 1 is 1.35 bits per heavy atom. The highest BCUT2D eigenvalue weighted by Gasteiger charge is 2.23. The molecule has 1 aromatic heterocycles. The second kappa shape index (κ2) is 5.88. The highest BCUT2D eigenvalue weighted by atomic mass is 79.9. The smallest absolute Gasteiger partial charge is 0.188 e. The summed E-state index contributed by atoms with van der Waals surface area (Å²) in [6.45, 7) is 5.61. The molecule has 0 radical (unpaired) electrons. The summed E-state index contributed by atoms with van der Waals surface area (Å²) in [5, 5.41) is 5.25. The van der Waals surface area contributed by atoms with Crippen LogP contribution in [0.1, 0.15) is 34.7 Å². The van der Waals surface area contributed by atoms with Gasteiger partial charge in [0.2, 0.25) is 0 Å². The fraction of sp³-hybridized carbons (Fsp3) is 0.286. The standard InChI is InChI=1S/C14H13BrCl2N2O/c1-7-13(15)8(2)19(18-7)9(3)14(20)11-5-4-10(16)6-12(11)17/h4-6,9H,1-3H3. The minimum absolute atomic E-state index is 0.0928. The molecule has 6 heteroatoms. The second-order valence-corrected chi connectivity index (χ2v) is 6.23. The molecular weight excluding hydrogens is 363 g/mol. The molecule has 0 bridgehead atoms. The first-order valence-corrected chi connectivity index (χ1v) is 7.58. The molecule has 106 valence electrons. The lowest BCUT2D eigenvalue weighted by atomic mass is 10.1. The van der Waals surface area contributed by atoms with Crippen molar-refractivity contribution in [2.45, 2.75) is 26.8 Å². The Morgan fingerprint density at radius 3 is 2.50 bits per heavy atom. The summed E-state index contributed by atoms with van der Waals surface area (Å²) in [7, 11) is 0. The van der Waals surface area contributed by atoms with E-state index in [4.69, 9.17) is 23.2 Å². The second-order valence-electron chi connectivity index (χ2n) is 4.59. The predicted octanol–water partition coefficient (Wildman–Crippen LogP) is 5.01. The van der Waals surface area contributed by atoms with E-state index in [-0.39, 0.29) is 5.78 Å². The molecule has 0 aliphatic rings. The lowest BCUT2D eigenvalue weighted by Gasteiger charge is -2.14. The Balaban J connectivity index is 2.40. The summed E-state index contributed by atoms with van der Waals surface area (Å²) >= 11 is 15.4. The summed E-state index contributed by atoms with van der Waals surface area (Å²) in [5.74, 6) is -0.0928. The predicted molar refractivity (Wildman–Crippen MR) is 84.9 cm³/mol. The molecule has 0 saturated heterocycles. The van der Waals surface area contributed by atoms with Crippen molar-refractivity contribution in [1.29, 1.82) is 0 Å². The summed E-state index contributed by atoms with van der Waals surface area (Å²) in [6.07, 6.45) is 0. The van der Waals surface area contributed by atoms with E-state index in [1.165, 1.54) is 0 Å². The third-order valence-electron chi connectivity index (χ3n) is 3.18. The van der Waals surface area contributed by atoms with Gasteiger partial charge in [0.15, 0.2) is 5.78 Å². The van der Waals surface area contributed by atoms with Crippen LogP contribution in [0.3, 0.4) is 0 Å². The molecule has 1 heterocycles. The first-order chi connectivity index (χ1) is 9.32. The van der Waals surface area contributed by atoms with Crippen LogP contribution in [0, 0.1) is 13.8 Å². The average molecular weight is 376 g/mol. The van der Waals surface area contributed by atoms with E-state index < -0.39 is 6.04 Å². The minimum atomic E-state index is -0.432. The Kier molecular flexibility index (Phi) is 4.57. The number of benzene rings is 1. The van der Waals surface area contributed by atoms with E-state index in [1.54, 1.807) is 29.8 Å². The van der Waals surface area contributed by atoms with Crippen LogP contribution in [0.15, 0.2) is 22.7 Å². The molecule has 0 aliphatic heterocycles. The molecule has 0 spiro atoms. The number of ketones is 1. The fourth-order valence-electron chi connectivity index (χ4n) is 2.05. The van der Waals surface area contributed by atoms with Crippen LogP contribution in [0.5, 0.6) is 0 Å². The first-order valence-electron chi connectivity index (χ1n) is 6.03. The van der Waals surface area contributed by atoms with Gasteiger partial charge in [-0.15, -0.1) is 0 Å². The van der Waals surface area contributed by atoms with Crippen molar-refractivity contribution < 1.29 is 4.79 Å². The van der Waals surface area contributed by atoms with Crippen molar-refractivity contribution in [3.8, 4) is 0 Å². The van der Waals surface area contributed by atoms with Gasteiger partial charge in [0.25, 0.3) is 0 Å². The highest BCUT2D eigenvalue weighted by Crippen LogP contribution is 2.27. The number of halogens is 3. The molecule has 2 rings (SSSR count). The van der Waals surface area contributed by atoms with Gasteiger partial charge in [0.05, 0.1) is 20.9 Å². The van der Waals surface area contributed by atoms with Gasteiger partial charge in [-0.3, -0.25) is 9.48 Å². The Hall–Kier alpha value is -0.840. The lowest BCUT2D eigenvalue weighted by molar-refractivity contribution is 0.0926. The maximum absolute atomic E-state index is 12.5. The number of rotatable bonds is 3. The van der Waals surface area contributed by atoms with E-state index in [0.29, 0.717) is 15.6 Å². The van der Waals surface area contributed by atoms with Gasteiger partial charge >= 0.3 is 0 Å². The zero-order valence-electron chi connectivity index (χ0n) is 11.2. The molecule has 3 nitrogen and oxygen atoms in total. The van der Waals surface area contributed by atoms with Crippen molar-refractivity contribution in [2.75, 3.05) is 0 Å². The molecule has 1 aromatic carbocycles. The van der Waals surface area contributed by atoms with Crippen LogP contribution in [-0.4, -0.2) is 15.6 Å². The number of hydrogen-bond donors (Lipinski definition) is 0. The molecule has 2 aromatic rings. The zero-order chi connectivity index (χ0) is 15.0. The number of aromatic nitrogens is 2. The number of nitrogens with zero attached hydrogens (tertiary/aromatic N) is 2. The molecular formula is C14H13BrCl2N2O. The van der Waals surface area contributed by atoms with Crippen LogP contribution in [0.25, 0.3) is 0 Å². The van der Waals surface area contributed by atoms with Crippen LogP contribution >= 0.6 is 39.1 Å². The quantitative estimate of drug-likeness (QED) is 0.706. The van der Waals surface area contributed by atoms with E-state index in [9.17, 15) is 4.79 Å². The zero-order valence-corrected chi connectivity index (χ0v) is 14.3. The van der Waals surface area contributed by atoms with Gasteiger partial charge in [-0.2, -0.15) is 5.10 Å². The van der Waals surface area contributed by atoms with Gasteiger partial charge in [0.1, 0.15) is 6.04 Å². The largest absolute Gasteiger partial charge is 0.292 e. The maximum atomic E-state index is 12.5. The third-order valence-corrected chi connectivity index (χ3v) is 4.88. The fourth-order valence-corrected chi connectivity index (χ4v) is 2.81. The number of Topliss-reactive ketones (excluding diaryl/α,β-unsaturated/α-hetero) is 1. The van der Waals surface area contributed by atoms with Crippen LogP contribution in [0.4, 0.5) is 0 Å². The van der Waals surface area contributed by atoms with E-state index >= 15 is 0 Å². The van der Waals surface area contributed by atoms with Gasteiger partial charge in [-0.1, -0.05) is 23.2 Å². The van der Waals surface area contributed by atoms with Crippen molar-refractivity contribution in [2.24, 2.45) is 0 Å². The molecule has 0 fully saturated rings. The first kappa shape index (κ1) is 15.5. The summed E-state index contributed by atoms with van der Waals surface area (Å²) in [5.41, 5.74) is 2.21. The number of carbonyl (C=O) groups excluding carboxylic acids is 1. The normalized spacial score (nSPS) is 12.5. The maximum Gasteiger partial charge on any atom is 0.188 e. The summed E-state index contributed by atoms with van der Waals surface area (Å²) in [6, 6.07) is 4.44. The molecule has 1 unspecified atom stereocenters. The Labute approximate surface area is 136 Å². The molecule has 1 atom stereocenters. The van der Waals surface area contributed by atoms with Crippen molar-refractivity contribution in [3.05, 3.63) is 49.7 Å². The van der Waals surface area contributed by atoms with E-state index in [1.807, 2.05) is 13.8 Å². The topological polar surface area (TPSA) is 34.9 Å². The highest BCUT2D eigenvalue weighted by molar-refractivity contribution is 9.10. The number of hydrogen-bond acceptors (Lipinski definition) is 2. The lowest BCUT2D eigenvalue weighted by Crippen LogP contribution is -2.19. The van der Waals surface area contributed by atoms with Crippen LogP contribution in [0.2, 0.25) is 10.0 Å². The van der Waals surface area contributed by atoms with Crippen LogP contribution < -0.4 is 0 Å². The van der Waals surface area contributed by atoms with Crippen molar-refractivity contribution >= 4 is 44.9 Å². The molecule has 0 amide bonds. The molecule has 20 heavy (non-hydrogen) atoms. The molecule has 0 aliphatic carbocycles. The number of carbonyl (C=O) groups is 1. The van der Waals surface area contributed by atoms with Crippen molar-refractivity contribution in [1.82, 2.24) is 9.78 Å². The average Bonchev–Trinajstić information content (AvgIpc) is 2.65. The monoisotopic (exact) mass is 374 g/mol. The van der Waals surface area contributed by atoms with Gasteiger partial charge < -0.3 is 0 Å². The summed E-state index contributed by atoms with van der Waals surface area (Å²) < 4.78 is 2.62. The number of aryl methyl sites for hydroxylation is 1. The summed E-state index contributed by atoms with van der Waals surface area (Å²) in [4.78, 5) is 12.5. The van der Waals surface area contributed by atoms with E-state index in [2.05, 4.69) is 21.0 Å². The minimum Gasteiger partial charge on any atom is -0.292 e. The van der Waals surface area contributed by atoms with E-state index in [0.717, 1.165) is 15.9 Å². The third kappa shape index (κ3) is 2.78. The SMILES string of the molecule is Cc1nn(C(C)C(=O)c2ccc(Cl)cc2Cl)c(C)c1Br. The molecule has 0 N–H and O–H groups in total. The molecule has 0 saturated carbocycles. The van der Waals surface area contributed by atoms with Gasteiger partial charge in [0, 0.05) is 10.6 Å². The van der Waals surface area contributed by atoms with Crippen LogP contribution in [-0.2, 0) is 0 Å². The van der Waals surface area contributed by atoms with Gasteiger partial charge in [-0.25, -0.2) is 0 Å².